The molecule has 110 valence electrons. The fraction of sp³-hybridized carbons (Fsp3) is 0.562. The zero-order chi connectivity index (χ0) is 14.4. The smallest absolute Gasteiger partial charge is 0.176 e. The van der Waals surface area contributed by atoms with Gasteiger partial charge in [0.2, 0.25) is 0 Å². The number of benzene rings is 1. The van der Waals surface area contributed by atoms with Crippen LogP contribution in [0.2, 0.25) is 0 Å². The molecule has 0 aliphatic carbocycles. The van der Waals surface area contributed by atoms with Crippen LogP contribution < -0.4 is 4.90 Å². The van der Waals surface area contributed by atoms with E-state index in [0.29, 0.717) is 6.54 Å². The average molecular weight is 276 g/mol. The van der Waals surface area contributed by atoms with E-state index in [1.165, 1.54) is 5.69 Å². The summed E-state index contributed by atoms with van der Waals surface area (Å²) >= 11 is 0. The van der Waals surface area contributed by atoms with Crippen molar-refractivity contribution in [2.75, 3.05) is 50.8 Å². The van der Waals surface area contributed by atoms with Gasteiger partial charge in [0, 0.05) is 37.4 Å². The molecule has 0 saturated carbocycles. The van der Waals surface area contributed by atoms with Gasteiger partial charge < -0.3 is 9.64 Å². The predicted molar refractivity (Wildman–Crippen MR) is 81.6 cm³/mol. The first-order chi connectivity index (χ1) is 9.74. The van der Waals surface area contributed by atoms with E-state index in [2.05, 4.69) is 23.6 Å². The highest BCUT2D eigenvalue weighted by atomic mass is 16.5. The van der Waals surface area contributed by atoms with Gasteiger partial charge in [-0.25, -0.2) is 0 Å². The summed E-state index contributed by atoms with van der Waals surface area (Å²) < 4.78 is 5.30. The Balaban J connectivity index is 1.96. The summed E-state index contributed by atoms with van der Waals surface area (Å²) in [6.45, 7) is 9.90. The van der Waals surface area contributed by atoms with Crippen LogP contribution in [-0.2, 0) is 4.74 Å². The quantitative estimate of drug-likeness (QED) is 0.745. The molecule has 0 radical (unpaired) electrons. The van der Waals surface area contributed by atoms with E-state index in [0.717, 1.165) is 45.0 Å². The van der Waals surface area contributed by atoms with Crippen LogP contribution in [0.1, 0.15) is 24.2 Å². The minimum Gasteiger partial charge on any atom is -0.379 e. The normalized spacial score (nSPS) is 16.1. The molecule has 0 bridgehead atoms. The number of hydrogen-bond donors (Lipinski definition) is 0. The van der Waals surface area contributed by atoms with Crippen LogP contribution in [0.25, 0.3) is 0 Å². The number of rotatable bonds is 6. The number of carbonyl (C=O) groups excluding carboxylic acids is 1. The summed E-state index contributed by atoms with van der Waals surface area (Å²) in [5, 5.41) is 0. The number of ketones is 1. The molecular formula is C16H24N2O2. The number of anilines is 1. The van der Waals surface area contributed by atoms with Gasteiger partial charge >= 0.3 is 0 Å². The molecule has 0 amide bonds. The molecule has 1 fully saturated rings. The first-order valence-electron chi connectivity index (χ1n) is 7.43. The number of Topliss-reactive ketones (excluding diaryl/α,β-unsaturated/α-hetero) is 1. The van der Waals surface area contributed by atoms with Crippen molar-refractivity contribution < 1.29 is 9.53 Å². The maximum absolute atomic E-state index is 12.2. The van der Waals surface area contributed by atoms with Gasteiger partial charge in [-0.1, -0.05) is 0 Å². The van der Waals surface area contributed by atoms with Gasteiger partial charge in [0.05, 0.1) is 19.8 Å². The van der Waals surface area contributed by atoms with Gasteiger partial charge in [-0.2, -0.15) is 0 Å². The Kier molecular flexibility index (Phi) is 5.56. The second-order valence-electron chi connectivity index (χ2n) is 5.03. The maximum atomic E-state index is 12.2. The molecule has 4 heteroatoms. The van der Waals surface area contributed by atoms with Gasteiger partial charge in [0.1, 0.15) is 0 Å². The number of hydrogen-bond acceptors (Lipinski definition) is 4. The van der Waals surface area contributed by atoms with Gasteiger partial charge in [-0.3, -0.25) is 9.69 Å². The van der Waals surface area contributed by atoms with E-state index in [4.69, 9.17) is 4.74 Å². The third-order valence-electron chi connectivity index (χ3n) is 3.79. The third-order valence-corrected chi connectivity index (χ3v) is 3.79. The molecule has 1 aliphatic rings. The van der Waals surface area contributed by atoms with E-state index in [-0.39, 0.29) is 5.78 Å². The maximum Gasteiger partial charge on any atom is 0.176 e. The summed E-state index contributed by atoms with van der Waals surface area (Å²) in [5.41, 5.74) is 1.98. The van der Waals surface area contributed by atoms with E-state index in [1.54, 1.807) is 0 Å². The Morgan fingerprint density at radius 3 is 2.30 bits per heavy atom. The zero-order valence-corrected chi connectivity index (χ0v) is 12.5. The topological polar surface area (TPSA) is 32.8 Å². The molecule has 1 heterocycles. The fourth-order valence-electron chi connectivity index (χ4n) is 2.50. The molecule has 1 aromatic carbocycles. The van der Waals surface area contributed by atoms with Crippen molar-refractivity contribution in [1.29, 1.82) is 0 Å². The van der Waals surface area contributed by atoms with Crippen molar-refractivity contribution >= 4 is 11.5 Å². The van der Waals surface area contributed by atoms with E-state index in [9.17, 15) is 4.79 Å². The van der Waals surface area contributed by atoms with Crippen LogP contribution in [0.4, 0.5) is 5.69 Å². The van der Waals surface area contributed by atoms with E-state index in [1.807, 2.05) is 24.3 Å². The minimum absolute atomic E-state index is 0.193. The first-order valence-corrected chi connectivity index (χ1v) is 7.43. The third kappa shape index (κ3) is 3.81. The molecule has 0 N–H and O–H groups in total. The number of nitrogens with zero attached hydrogens (tertiary/aromatic N) is 2. The standard InChI is InChI=1S/C16H24N2O2/c1-3-18(4-2)15-7-5-14(6-8-15)16(19)13-17-9-11-20-12-10-17/h5-8H,3-4,9-13H2,1-2H3. The Bertz CT molecular complexity index is 421. The molecule has 0 spiro atoms. The highest BCUT2D eigenvalue weighted by Gasteiger charge is 2.15. The lowest BCUT2D eigenvalue weighted by molar-refractivity contribution is 0.0371. The summed E-state index contributed by atoms with van der Waals surface area (Å²) in [4.78, 5) is 16.7. The molecular weight excluding hydrogens is 252 g/mol. The van der Waals surface area contributed by atoms with Gasteiger partial charge in [-0.15, -0.1) is 0 Å². The molecule has 0 aromatic heterocycles. The summed E-state index contributed by atoms with van der Waals surface area (Å²) in [6, 6.07) is 7.96. The predicted octanol–water partition coefficient (Wildman–Crippen LogP) is 2.05. The number of carbonyl (C=O) groups is 1. The molecule has 1 aliphatic heterocycles. The van der Waals surface area contributed by atoms with E-state index < -0.39 is 0 Å². The van der Waals surface area contributed by atoms with Gasteiger partial charge in [-0.05, 0) is 38.1 Å². The largest absolute Gasteiger partial charge is 0.379 e. The average Bonchev–Trinajstić information content (AvgIpc) is 2.50. The lowest BCUT2D eigenvalue weighted by Gasteiger charge is -2.26. The second-order valence-corrected chi connectivity index (χ2v) is 5.03. The van der Waals surface area contributed by atoms with Gasteiger partial charge in [0.15, 0.2) is 5.78 Å². The summed E-state index contributed by atoms with van der Waals surface area (Å²) in [5.74, 6) is 0.193. The van der Waals surface area contributed by atoms with Crippen LogP contribution in [0, 0.1) is 0 Å². The Labute approximate surface area is 121 Å². The fourth-order valence-corrected chi connectivity index (χ4v) is 2.50. The first kappa shape index (κ1) is 15.0. The van der Waals surface area contributed by atoms with Crippen LogP contribution in [0.5, 0.6) is 0 Å². The van der Waals surface area contributed by atoms with E-state index >= 15 is 0 Å². The number of ether oxygens (including phenoxy) is 1. The SMILES string of the molecule is CCN(CC)c1ccc(C(=O)CN2CCOCC2)cc1. The molecule has 2 rings (SSSR count). The monoisotopic (exact) mass is 276 g/mol. The van der Waals surface area contributed by atoms with Crippen molar-refractivity contribution in [1.82, 2.24) is 4.90 Å². The van der Waals surface area contributed by atoms with Crippen LogP contribution in [0.15, 0.2) is 24.3 Å². The highest BCUT2D eigenvalue weighted by molar-refractivity contribution is 5.97. The van der Waals surface area contributed by atoms with Crippen LogP contribution in [0.3, 0.4) is 0 Å². The molecule has 1 aromatic rings. The molecule has 1 saturated heterocycles. The number of morpholine rings is 1. The summed E-state index contributed by atoms with van der Waals surface area (Å²) in [7, 11) is 0. The zero-order valence-electron chi connectivity index (χ0n) is 12.5. The summed E-state index contributed by atoms with van der Waals surface area (Å²) in [6.07, 6.45) is 0. The van der Waals surface area contributed by atoms with Gasteiger partial charge in [0.25, 0.3) is 0 Å². The Hall–Kier alpha value is -1.39. The Morgan fingerprint density at radius 1 is 1.15 bits per heavy atom. The van der Waals surface area contributed by atoms with Crippen molar-refractivity contribution in [2.45, 2.75) is 13.8 Å². The molecule has 0 atom stereocenters. The minimum atomic E-state index is 0.193. The lowest BCUT2D eigenvalue weighted by atomic mass is 10.1. The lowest BCUT2D eigenvalue weighted by Crippen LogP contribution is -2.39. The van der Waals surface area contributed by atoms with Crippen LogP contribution >= 0.6 is 0 Å². The molecule has 0 unspecified atom stereocenters. The Morgan fingerprint density at radius 2 is 1.75 bits per heavy atom. The molecule has 4 nitrogen and oxygen atoms in total. The van der Waals surface area contributed by atoms with Crippen molar-refractivity contribution in [3.05, 3.63) is 29.8 Å². The van der Waals surface area contributed by atoms with Crippen molar-refractivity contribution in [3.8, 4) is 0 Å². The van der Waals surface area contributed by atoms with Crippen LogP contribution in [-0.4, -0.2) is 56.6 Å². The van der Waals surface area contributed by atoms with Crippen molar-refractivity contribution in [3.63, 3.8) is 0 Å². The highest BCUT2D eigenvalue weighted by Crippen LogP contribution is 2.15. The molecule has 20 heavy (non-hydrogen) atoms. The second kappa shape index (κ2) is 7.41. The van der Waals surface area contributed by atoms with Crippen molar-refractivity contribution in [2.24, 2.45) is 0 Å².